The van der Waals surface area contributed by atoms with Crippen LogP contribution in [0.15, 0.2) is 16.6 Å². The van der Waals surface area contributed by atoms with E-state index in [2.05, 4.69) is 15.9 Å². The van der Waals surface area contributed by atoms with Crippen LogP contribution in [0.4, 0.5) is 0 Å². The summed E-state index contributed by atoms with van der Waals surface area (Å²) in [7, 11) is 0. The summed E-state index contributed by atoms with van der Waals surface area (Å²) in [4.78, 5) is 25.2. The number of aliphatic carboxylic acids is 1. The molecule has 114 valence electrons. The molecule has 0 aliphatic carbocycles. The zero-order valence-corrected chi connectivity index (χ0v) is 13.9. The van der Waals surface area contributed by atoms with Crippen LogP contribution in [-0.2, 0) is 4.79 Å². The number of rotatable bonds is 3. The van der Waals surface area contributed by atoms with E-state index in [9.17, 15) is 9.59 Å². The highest BCUT2D eigenvalue weighted by molar-refractivity contribution is 9.10. The number of amides is 1. The highest BCUT2D eigenvalue weighted by Gasteiger charge is 2.25. The van der Waals surface area contributed by atoms with Crippen molar-refractivity contribution in [3.8, 4) is 0 Å². The summed E-state index contributed by atoms with van der Waals surface area (Å²) in [5.41, 5.74) is 2.75. The normalized spacial score (nSPS) is 16.0. The van der Waals surface area contributed by atoms with Gasteiger partial charge in [-0.1, -0.05) is 15.9 Å². The molecular weight excluding hydrogens is 334 g/mol. The number of carboxylic acid groups (broad SMARTS) is 1. The van der Waals surface area contributed by atoms with E-state index in [1.807, 2.05) is 30.9 Å². The van der Waals surface area contributed by atoms with Gasteiger partial charge in [0.05, 0.1) is 0 Å². The van der Waals surface area contributed by atoms with Crippen LogP contribution in [0.3, 0.4) is 0 Å². The summed E-state index contributed by atoms with van der Waals surface area (Å²) in [6.07, 6.45) is 1.75. The van der Waals surface area contributed by atoms with Crippen molar-refractivity contribution in [2.45, 2.75) is 33.1 Å². The number of hydrogen-bond donors (Lipinski definition) is 1. The van der Waals surface area contributed by atoms with E-state index in [1.165, 1.54) is 0 Å². The van der Waals surface area contributed by atoms with Crippen molar-refractivity contribution in [2.24, 2.45) is 5.92 Å². The predicted molar refractivity (Wildman–Crippen MR) is 84.5 cm³/mol. The molecule has 21 heavy (non-hydrogen) atoms. The van der Waals surface area contributed by atoms with Crippen LogP contribution in [0, 0.1) is 19.8 Å². The molecule has 1 N–H and O–H groups in total. The third-order valence-electron chi connectivity index (χ3n) is 4.10. The molecule has 0 spiro atoms. The fraction of sp³-hybridized carbons (Fsp3) is 0.500. The molecule has 1 aliphatic rings. The number of carboxylic acids is 1. The molecule has 1 aromatic rings. The molecule has 0 aromatic heterocycles. The lowest BCUT2D eigenvalue weighted by Crippen LogP contribution is -2.39. The van der Waals surface area contributed by atoms with Crippen molar-refractivity contribution in [3.05, 3.63) is 33.3 Å². The monoisotopic (exact) mass is 353 g/mol. The molecule has 5 heteroatoms. The van der Waals surface area contributed by atoms with Gasteiger partial charge in [0, 0.05) is 29.5 Å². The number of benzene rings is 1. The van der Waals surface area contributed by atoms with Gasteiger partial charge in [0.15, 0.2) is 0 Å². The molecule has 2 rings (SSSR count). The minimum Gasteiger partial charge on any atom is -0.481 e. The maximum absolute atomic E-state index is 12.6. The molecule has 1 fully saturated rings. The largest absolute Gasteiger partial charge is 0.481 e. The van der Waals surface area contributed by atoms with Crippen LogP contribution in [0.1, 0.15) is 40.7 Å². The Kier molecular flexibility index (Phi) is 5.04. The third kappa shape index (κ3) is 3.84. The average Bonchev–Trinajstić information content (AvgIpc) is 2.42. The average molecular weight is 354 g/mol. The molecule has 1 aromatic carbocycles. The maximum Gasteiger partial charge on any atom is 0.303 e. The van der Waals surface area contributed by atoms with Crippen LogP contribution in [-0.4, -0.2) is 35.0 Å². The summed E-state index contributed by atoms with van der Waals surface area (Å²) in [5.74, 6) is -0.504. The molecule has 0 radical (unpaired) electrons. The Bertz CT molecular complexity index is 563. The smallest absolute Gasteiger partial charge is 0.303 e. The second-order valence-electron chi connectivity index (χ2n) is 5.75. The number of likely N-dealkylation sites (tertiary alicyclic amines) is 1. The minimum absolute atomic E-state index is 0.0527. The van der Waals surface area contributed by atoms with Crippen molar-refractivity contribution >= 4 is 27.8 Å². The zero-order valence-electron chi connectivity index (χ0n) is 12.4. The van der Waals surface area contributed by atoms with E-state index >= 15 is 0 Å². The lowest BCUT2D eigenvalue weighted by Gasteiger charge is -2.32. The van der Waals surface area contributed by atoms with Crippen LogP contribution >= 0.6 is 15.9 Å². The number of piperidine rings is 1. The second-order valence-corrected chi connectivity index (χ2v) is 6.60. The van der Waals surface area contributed by atoms with Crippen molar-refractivity contribution in [2.75, 3.05) is 13.1 Å². The molecule has 1 amide bonds. The Morgan fingerprint density at radius 1 is 1.24 bits per heavy atom. The Hall–Kier alpha value is -1.36. The van der Waals surface area contributed by atoms with Crippen LogP contribution in [0.5, 0.6) is 0 Å². The number of carbonyl (C=O) groups excluding carboxylic acids is 1. The maximum atomic E-state index is 12.6. The zero-order chi connectivity index (χ0) is 15.6. The van der Waals surface area contributed by atoms with Gasteiger partial charge in [-0.15, -0.1) is 0 Å². The Morgan fingerprint density at radius 3 is 2.43 bits per heavy atom. The van der Waals surface area contributed by atoms with E-state index in [-0.39, 0.29) is 18.2 Å². The first kappa shape index (κ1) is 16.0. The minimum atomic E-state index is -0.751. The number of aryl methyl sites for hydroxylation is 2. The third-order valence-corrected chi connectivity index (χ3v) is 4.96. The van der Waals surface area contributed by atoms with E-state index in [0.29, 0.717) is 13.1 Å². The van der Waals surface area contributed by atoms with Crippen LogP contribution in [0.2, 0.25) is 0 Å². The molecule has 0 saturated carbocycles. The topological polar surface area (TPSA) is 57.6 Å². The van der Waals surface area contributed by atoms with Gasteiger partial charge in [0.1, 0.15) is 0 Å². The number of nitrogens with zero attached hydrogens (tertiary/aromatic N) is 1. The van der Waals surface area contributed by atoms with Crippen molar-refractivity contribution in [1.82, 2.24) is 4.90 Å². The Balaban J connectivity index is 2.05. The lowest BCUT2D eigenvalue weighted by atomic mass is 9.93. The van der Waals surface area contributed by atoms with Crippen molar-refractivity contribution in [1.29, 1.82) is 0 Å². The molecule has 0 atom stereocenters. The quantitative estimate of drug-likeness (QED) is 0.905. The summed E-state index contributed by atoms with van der Waals surface area (Å²) in [5, 5.41) is 8.83. The fourth-order valence-electron chi connectivity index (χ4n) is 2.77. The first-order chi connectivity index (χ1) is 9.88. The standard InChI is InChI=1S/C16H20BrNO3/c1-10-8-14(17)11(2)7-13(10)16(21)18-5-3-12(4-6-18)9-15(19)20/h7-8,12H,3-6,9H2,1-2H3,(H,19,20). The van der Waals surface area contributed by atoms with Crippen molar-refractivity contribution < 1.29 is 14.7 Å². The van der Waals surface area contributed by atoms with Crippen LogP contribution < -0.4 is 0 Å². The molecule has 1 heterocycles. The first-order valence-electron chi connectivity index (χ1n) is 7.16. The number of carbonyl (C=O) groups is 2. The van der Waals surface area contributed by atoms with E-state index in [0.717, 1.165) is 34.0 Å². The molecule has 1 aliphatic heterocycles. The molecule has 4 nitrogen and oxygen atoms in total. The summed E-state index contributed by atoms with van der Waals surface area (Å²) in [6, 6.07) is 3.89. The van der Waals surface area contributed by atoms with Gasteiger partial charge < -0.3 is 10.0 Å². The number of hydrogen-bond acceptors (Lipinski definition) is 2. The SMILES string of the molecule is Cc1cc(C(=O)N2CCC(CC(=O)O)CC2)c(C)cc1Br. The molecular formula is C16H20BrNO3. The number of halogens is 1. The molecule has 1 saturated heterocycles. The van der Waals surface area contributed by atoms with Gasteiger partial charge in [-0.2, -0.15) is 0 Å². The lowest BCUT2D eigenvalue weighted by molar-refractivity contribution is -0.138. The fourth-order valence-corrected chi connectivity index (χ4v) is 3.23. The highest BCUT2D eigenvalue weighted by Crippen LogP contribution is 2.25. The first-order valence-corrected chi connectivity index (χ1v) is 7.95. The predicted octanol–water partition coefficient (Wildman–Crippen LogP) is 3.39. The van der Waals surface area contributed by atoms with E-state index < -0.39 is 5.97 Å². The Labute approximate surface area is 133 Å². The van der Waals surface area contributed by atoms with Crippen LogP contribution in [0.25, 0.3) is 0 Å². The van der Waals surface area contributed by atoms with Gasteiger partial charge in [-0.25, -0.2) is 0 Å². The van der Waals surface area contributed by atoms with Gasteiger partial charge in [-0.3, -0.25) is 9.59 Å². The van der Waals surface area contributed by atoms with Gasteiger partial charge in [0.2, 0.25) is 0 Å². The summed E-state index contributed by atoms with van der Waals surface area (Å²) < 4.78 is 1.01. The molecule has 0 unspecified atom stereocenters. The van der Waals surface area contributed by atoms with Gasteiger partial charge in [-0.05, 0) is 55.9 Å². The highest BCUT2D eigenvalue weighted by atomic mass is 79.9. The van der Waals surface area contributed by atoms with E-state index in [4.69, 9.17) is 5.11 Å². The molecule has 0 bridgehead atoms. The van der Waals surface area contributed by atoms with Gasteiger partial charge >= 0.3 is 5.97 Å². The van der Waals surface area contributed by atoms with Crippen molar-refractivity contribution in [3.63, 3.8) is 0 Å². The Morgan fingerprint density at radius 2 is 1.86 bits per heavy atom. The van der Waals surface area contributed by atoms with E-state index in [1.54, 1.807) is 0 Å². The summed E-state index contributed by atoms with van der Waals surface area (Å²) in [6.45, 7) is 5.20. The van der Waals surface area contributed by atoms with Gasteiger partial charge in [0.25, 0.3) is 5.91 Å². The summed E-state index contributed by atoms with van der Waals surface area (Å²) >= 11 is 3.48. The second kappa shape index (κ2) is 6.60.